The van der Waals surface area contributed by atoms with Crippen LogP contribution >= 0.6 is 0 Å². The zero-order valence-corrected chi connectivity index (χ0v) is 11.1. The molecule has 3 nitrogen and oxygen atoms in total. The summed E-state index contributed by atoms with van der Waals surface area (Å²) in [7, 11) is 1.70. The van der Waals surface area contributed by atoms with Gasteiger partial charge in [0, 0.05) is 24.8 Å². The molecule has 0 heterocycles. The van der Waals surface area contributed by atoms with Crippen molar-refractivity contribution in [1.82, 2.24) is 5.32 Å². The Morgan fingerprint density at radius 3 is 2.58 bits per heavy atom. The van der Waals surface area contributed by atoms with Crippen LogP contribution in [0.25, 0.3) is 0 Å². The summed E-state index contributed by atoms with van der Waals surface area (Å²) < 4.78 is 34.4. The summed E-state index contributed by atoms with van der Waals surface area (Å²) in [6.07, 6.45) is 2.23. The van der Waals surface area contributed by atoms with Crippen LogP contribution in [-0.2, 0) is 4.74 Å². The largest absolute Gasteiger partial charge is 0.434 e. The molecule has 0 bridgehead atoms. The molecule has 1 N–H and O–H groups in total. The summed E-state index contributed by atoms with van der Waals surface area (Å²) in [6, 6.07) is 7.24. The molecule has 5 heteroatoms. The number of hydrogen-bond donors (Lipinski definition) is 1. The smallest absolute Gasteiger partial charge is 0.387 e. The van der Waals surface area contributed by atoms with Gasteiger partial charge in [-0.2, -0.15) is 8.78 Å². The molecule has 1 aromatic carbocycles. The van der Waals surface area contributed by atoms with E-state index >= 15 is 0 Å². The molecule has 1 aromatic rings. The topological polar surface area (TPSA) is 30.5 Å². The number of benzene rings is 1. The van der Waals surface area contributed by atoms with Crippen LogP contribution in [-0.4, -0.2) is 25.9 Å². The van der Waals surface area contributed by atoms with Crippen molar-refractivity contribution in [2.75, 3.05) is 7.11 Å². The standard InChI is InChI=1S/C14H19F2NO2/c1-9(17-10-7-11(8-10)18-2)12-5-3-4-6-13(12)19-14(15)16/h3-6,9-11,14,17H,7-8H2,1-2H3. The van der Waals surface area contributed by atoms with E-state index in [1.807, 2.05) is 19.1 Å². The van der Waals surface area contributed by atoms with Crippen molar-refractivity contribution >= 4 is 0 Å². The quantitative estimate of drug-likeness (QED) is 0.862. The van der Waals surface area contributed by atoms with E-state index in [-0.39, 0.29) is 11.8 Å². The minimum Gasteiger partial charge on any atom is -0.434 e. The van der Waals surface area contributed by atoms with Crippen molar-refractivity contribution in [1.29, 1.82) is 0 Å². The third kappa shape index (κ3) is 3.64. The number of para-hydroxylation sites is 1. The Balaban J connectivity index is 1.96. The first-order valence-electron chi connectivity index (χ1n) is 6.42. The predicted molar refractivity (Wildman–Crippen MR) is 68.4 cm³/mol. The van der Waals surface area contributed by atoms with Gasteiger partial charge in [0.1, 0.15) is 5.75 Å². The fourth-order valence-electron chi connectivity index (χ4n) is 2.38. The van der Waals surface area contributed by atoms with E-state index in [1.54, 1.807) is 19.2 Å². The van der Waals surface area contributed by atoms with Crippen LogP contribution in [0.4, 0.5) is 8.78 Å². The first kappa shape index (κ1) is 14.2. The van der Waals surface area contributed by atoms with Crippen LogP contribution in [0.1, 0.15) is 31.4 Å². The number of alkyl halides is 2. The van der Waals surface area contributed by atoms with Gasteiger partial charge in [-0.15, -0.1) is 0 Å². The SMILES string of the molecule is COC1CC(NC(C)c2ccccc2OC(F)F)C1. The van der Waals surface area contributed by atoms with Crippen molar-refractivity contribution in [3.8, 4) is 5.75 Å². The summed E-state index contributed by atoms with van der Waals surface area (Å²) in [4.78, 5) is 0. The molecule has 1 aliphatic carbocycles. The average Bonchev–Trinajstić information content (AvgIpc) is 2.32. The summed E-state index contributed by atoms with van der Waals surface area (Å²) in [5.41, 5.74) is 0.753. The second-order valence-corrected chi connectivity index (χ2v) is 4.83. The minimum atomic E-state index is -2.80. The van der Waals surface area contributed by atoms with Gasteiger partial charge in [0.25, 0.3) is 0 Å². The predicted octanol–water partition coefficient (Wildman–Crippen LogP) is 3.12. The van der Waals surface area contributed by atoms with Crippen molar-refractivity contribution in [2.45, 2.75) is 44.6 Å². The van der Waals surface area contributed by atoms with Gasteiger partial charge in [-0.05, 0) is 25.8 Å². The van der Waals surface area contributed by atoms with E-state index in [0.717, 1.165) is 18.4 Å². The molecule has 1 saturated carbocycles. The molecule has 106 valence electrons. The lowest BCUT2D eigenvalue weighted by molar-refractivity contribution is -0.0508. The lowest BCUT2D eigenvalue weighted by atomic mass is 9.88. The lowest BCUT2D eigenvalue weighted by Crippen LogP contribution is -2.45. The summed E-state index contributed by atoms with van der Waals surface area (Å²) in [5.74, 6) is 0.236. The molecule has 1 unspecified atom stereocenters. The van der Waals surface area contributed by atoms with E-state index in [4.69, 9.17) is 4.74 Å². The maximum absolute atomic E-state index is 12.3. The lowest BCUT2D eigenvalue weighted by Gasteiger charge is -2.37. The Labute approximate surface area is 111 Å². The number of nitrogens with one attached hydrogen (secondary N) is 1. The zero-order chi connectivity index (χ0) is 13.8. The monoisotopic (exact) mass is 271 g/mol. The number of rotatable bonds is 6. The fraction of sp³-hybridized carbons (Fsp3) is 0.571. The highest BCUT2D eigenvalue weighted by atomic mass is 19.3. The maximum Gasteiger partial charge on any atom is 0.387 e. The van der Waals surface area contributed by atoms with Gasteiger partial charge in [-0.1, -0.05) is 18.2 Å². The molecule has 1 atom stereocenters. The van der Waals surface area contributed by atoms with Gasteiger partial charge >= 0.3 is 6.61 Å². The number of methoxy groups -OCH3 is 1. The fourth-order valence-corrected chi connectivity index (χ4v) is 2.38. The molecule has 19 heavy (non-hydrogen) atoms. The third-order valence-electron chi connectivity index (χ3n) is 3.52. The van der Waals surface area contributed by atoms with Gasteiger partial charge in [-0.3, -0.25) is 0 Å². The summed E-state index contributed by atoms with van der Waals surface area (Å²) >= 11 is 0. The van der Waals surface area contributed by atoms with Crippen molar-refractivity contribution in [2.24, 2.45) is 0 Å². The van der Waals surface area contributed by atoms with E-state index in [9.17, 15) is 8.78 Å². The molecule has 0 aliphatic heterocycles. The van der Waals surface area contributed by atoms with Gasteiger partial charge in [0.05, 0.1) is 6.10 Å². The van der Waals surface area contributed by atoms with Crippen molar-refractivity contribution in [3.05, 3.63) is 29.8 Å². The number of halogens is 2. The molecule has 2 rings (SSSR count). The van der Waals surface area contributed by atoms with Gasteiger partial charge in [-0.25, -0.2) is 0 Å². The normalized spacial score (nSPS) is 24.1. The Morgan fingerprint density at radius 2 is 1.95 bits per heavy atom. The van der Waals surface area contributed by atoms with Crippen LogP contribution < -0.4 is 10.1 Å². The molecule has 0 spiro atoms. The Kier molecular flexibility index (Phi) is 4.71. The summed E-state index contributed by atoms with van der Waals surface area (Å²) in [5, 5.41) is 3.41. The Hall–Kier alpha value is -1.20. The molecular formula is C14H19F2NO2. The van der Waals surface area contributed by atoms with Crippen LogP contribution in [0, 0.1) is 0 Å². The Morgan fingerprint density at radius 1 is 1.26 bits per heavy atom. The first-order chi connectivity index (χ1) is 9.10. The van der Waals surface area contributed by atoms with Gasteiger partial charge in [0.15, 0.2) is 0 Å². The highest BCUT2D eigenvalue weighted by Gasteiger charge is 2.30. The molecule has 0 radical (unpaired) electrons. The van der Waals surface area contributed by atoms with E-state index in [0.29, 0.717) is 12.1 Å². The molecular weight excluding hydrogens is 252 g/mol. The zero-order valence-electron chi connectivity index (χ0n) is 11.1. The summed E-state index contributed by atoms with van der Waals surface area (Å²) in [6.45, 7) is -0.844. The number of ether oxygens (including phenoxy) is 2. The molecule has 1 fully saturated rings. The van der Waals surface area contributed by atoms with Crippen LogP contribution in [0.2, 0.25) is 0 Å². The molecule has 0 aromatic heterocycles. The average molecular weight is 271 g/mol. The highest BCUT2D eigenvalue weighted by Crippen LogP contribution is 2.30. The molecule has 0 saturated heterocycles. The van der Waals surface area contributed by atoms with Gasteiger partial charge in [0.2, 0.25) is 0 Å². The van der Waals surface area contributed by atoms with Crippen molar-refractivity contribution in [3.63, 3.8) is 0 Å². The van der Waals surface area contributed by atoms with E-state index < -0.39 is 6.61 Å². The van der Waals surface area contributed by atoms with Crippen LogP contribution in [0.15, 0.2) is 24.3 Å². The van der Waals surface area contributed by atoms with E-state index in [1.165, 1.54) is 0 Å². The van der Waals surface area contributed by atoms with E-state index in [2.05, 4.69) is 10.1 Å². The van der Waals surface area contributed by atoms with Crippen LogP contribution in [0.3, 0.4) is 0 Å². The van der Waals surface area contributed by atoms with Crippen molar-refractivity contribution < 1.29 is 18.3 Å². The second kappa shape index (κ2) is 6.30. The Bertz CT molecular complexity index is 408. The molecule has 0 amide bonds. The van der Waals surface area contributed by atoms with Crippen LogP contribution in [0.5, 0.6) is 5.75 Å². The first-order valence-corrected chi connectivity index (χ1v) is 6.42. The molecule has 1 aliphatic rings. The van der Waals surface area contributed by atoms with Gasteiger partial charge < -0.3 is 14.8 Å². The maximum atomic E-state index is 12.3. The number of hydrogen-bond acceptors (Lipinski definition) is 3. The highest BCUT2D eigenvalue weighted by molar-refractivity contribution is 5.35. The minimum absolute atomic E-state index is 0.0299. The second-order valence-electron chi connectivity index (χ2n) is 4.83. The third-order valence-corrected chi connectivity index (χ3v) is 3.52.